The molecule has 3 aromatic rings. The molecule has 1 aliphatic rings. The van der Waals surface area contributed by atoms with Gasteiger partial charge in [0.2, 0.25) is 11.9 Å². The van der Waals surface area contributed by atoms with Crippen LogP contribution in [0.15, 0.2) is 48.9 Å². The third-order valence-corrected chi connectivity index (χ3v) is 4.45. The van der Waals surface area contributed by atoms with Gasteiger partial charge in [-0.15, -0.1) is 0 Å². The van der Waals surface area contributed by atoms with E-state index in [4.69, 9.17) is 0 Å². The molecule has 2 aromatic heterocycles. The van der Waals surface area contributed by atoms with Crippen molar-refractivity contribution in [2.75, 3.05) is 23.3 Å². The fourth-order valence-electron chi connectivity index (χ4n) is 3.20. The van der Waals surface area contributed by atoms with Gasteiger partial charge in [0.25, 0.3) is 0 Å². The molecule has 1 aliphatic heterocycles. The number of piperidine rings is 1. The summed E-state index contributed by atoms with van der Waals surface area (Å²) in [5.41, 5.74) is 1.85. The van der Waals surface area contributed by atoms with E-state index in [1.807, 2.05) is 30.5 Å². The first-order chi connectivity index (χ1) is 11.8. The van der Waals surface area contributed by atoms with Crippen LogP contribution in [0.5, 0.6) is 0 Å². The number of amides is 1. The lowest BCUT2D eigenvalue weighted by Crippen LogP contribution is -2.41. The SMILES string of the molecule is O=C(Nc1ccc2cc[nH]c2c1)[C@@H]1CCCN(c2ncccn2)C1. The Morgan fingerprint density at radius 3 is 3.00 bits per heavy atom. The summed E-state index contributed by atoms with van der Waals surface area (Å²) in [6.07, 6.45) is 7.22. The van der Waals surface area contributed by atoms with Crippen LogP contribution in [0.4, 0.5) is 11.6 Å². The first-order valence-corrected chi connectivity index (χ1v) is 8.19. The molecule has 6 heteroatoms. The second-order valence-electron chi connectivity index (χ2n) is 6.10. The van der Waals surface area contributed by atoms with E-state index in [9.17, 15) is 4.79 Å². The first-order valence-electron chi connectivity index (χ1n) is 8.19. The van der Waals surface area contributed by atoms with Gasteiger partial charge in [0.15, 0.2) is 0 Å². The normalized spacial score (nSPS) is 17.8. The Morgan fingerprint density at radius 2 is 2.12 bits per heavy atom. The van der Waals surface area contributed by atoms with Gasteiger partial charge in [0.1, 0.15) is 0 Å². The molecule has 0 aliphatic carbocycles. The summed E-state index contributed by atoms with van der Waals surface area (Å²) >= 11 is 0. The number of carbonyl (C=O) groups is 1. The average molecular weight is 321 g/mol. The molecule has 0 bridgehead atoms. The zero-order valence-electron chi connectivity index (χ0n) is 13.3. The maximum absolute atomic E-state index is 12.6. The highest BCUT2D eigenvalue weighted by atomic mass is 16.1. The fraction of sp³-hybridized carbons (Fsp3) is 0.278. The molecule has 1 amide bonds. The summed E-state index contributed by atoms with van der Waals surface area (Å²) < 4.78 is 0. The maximum atomic E-state index is 12.6. The first kappa shape index (κ1) is 14.7. The van der Waals surface area contributed by atoms with Crippen LogP contribution in [0.3, 0.4) is 0 Å². The van der Waals surface area contributed by atoms with Crippen molar-refractivity contribution in [3.05, 3.63) is 48.9 Å². The second kappa shape index (κ2) is 6.31. The highest BCUT2D eigenvalue weighted by Gasteiger charge is 2.27. The summed E-state index contributed by atoms with van der Waals surface area (Å²) in [6, 6.07) is 9.73. The molecule has 4 rings (SSSR count). The lowest BCUT2D eigenvalue weighted by Gasteiger charge is -2.31. The van der Waals surface area contributed by atoms with E-state index in [-0.39, 0.29) is 11.8 Å². The quantitative estimate of drug-likeness (QED) is 0.778. The summed E-state index contributed by atoms with van der Waals surface area (Å²) in [4.78, 5) is 26.5. The molecule has 2 N–H and O–H groups in total. The average Bonchev–Trinajstić information content (AvgIpc) is 3.10. The number of rotatable bonds is 3. The van der Waals surface area contributed by atoms with Gasteiger partial charge in [-0.3, -0.25) is 4.79 Å². The second-order valence-corrected chi connectivity index (χ2v) is 6.10. The smallest absolute Gasteiger partial charge is 0.229 e. The number of H-pyrrole nitrogens is 1. The molecule has 1 fully saturated rings. The van der Waals surface area contributed by atoms with E-state index in [2.05, 4.69) is 25.2 Å². The lowest BCUT2D eigenvalue weighted by molar-refractivity contribution is -0.120. The largest absolute Gasteiger partial charge is 0.361 e. The van der Waals surface area contributed by atoms with Crippen LogP contribution in [0, 0.1) is 5.92 Å². The zero-order valence-corrected chi connectivity index (χ0v) is 13.3. The predicted molar refractivity (Wildman–Crippen MR) is 93.9 cm³/mol. The molecule has 0 saturated carbocycles. The number of carbonyl (C=O) groups excluding carboxylic acids is 1. The molecule has 3 heterocycles. The van der Waals surface area contributed by atoms with Crippen LogP contribution in [0.1, 0.15) is 12.8 Å². The van der Waals surface area contributed by atoms with Gasteiger partial charge >= 0.3 is 0 Å². The number of hydrogen-bond acceptors (Lipinski definition) is 4. The molecule has 6 nitrogen and oxygen atoms in total. The molecule has 0 radical (unpaired) electrons. The summed E-state index contributed by atoms with van der Waals surface area (Å²) in [6.45, 7) is 1.54. The van der Waals surface area contributed by atoms with Crippen molar-refractivity contribution in [3.8, 4) is 0 Å². The Balaban J connectivity index is 1.45. The van der Waals surface area contributed by atoms with Crippen molar-refractivity contribution in [1.29, 1.82) is 0 Å². The van der Waals surface area contributed by atoms with Gasteiger partial charge < -0.3 is 15.2 Å². The number of benzene rings is 1. The van der Waals surface area contributed by atoms with Gasteiger partial charge in [0.05, 0.1) is 5.92 Å². The maximum Gasteiger partial charge on any atom is 0.229 e. The van der Waals surface area contributed by atoms with E-state index in [0.29, 0.717) is 12.5 Å². The van der Waals surface area contributed by atoms with Crippen molar-refractivity contribution in [2.45, 2.75) is 12.8 Å². The number of hydrogen-bond donors (Lipinski definition) is 2. The molecule has 24 heavy (non-hydrogen) atoms. The standard InChI is InChI=1S/C18H19N5O/c24-17(22-15-5-4-13-6-9-19-16(13)11-15)14-3-1-10-23(12-14)18-20-7-2-8-21-18/h2,4-9,11,14,19H,1,3,10,12H2,(H,22,24)/t14-/m1/s1. The number of nitrogens with zero attached hydrogens (tertiary/aromatic N) is 3. The highest BCUT2D eigenvalue weighted by Crippen LogP contribution is 2.23. The zero-order chi connectivity index (χ0) is 16.4. The van der Waals surface area contributed by atoms with Gasteiger partial charge in [-0.05, 0) is 42.5 Å². The highest BCUT2D eigenvalue weighted by molar-refractivity contribution is 5.95. The Hall–Kier alpha value is -2.89. The van der Waals surface area contributed by atoms with E-state index in [1.165, 1.54) is 0 Å². The molecule has 1 atom stereocenters. The fourth-order valence-corrected chi connectivity index (χ4v) is 3.20. The number of aromatic amines is 1. The Bertz CT molecular complexity index is 845. The van der Waals surface area contributed by atoms with Crippen molar-refractivity contribution < 1.29 is 4.79 Å². The molecule has 1 aromatic carbocycles. The van der Waals surface area contributed by atoms with Crippen LogP contribution in [0.25, 0.3) is 10.9 Å². The molecular weight excluding hydrogens is 302 g/mol. The minimum absolute atomic E-state index is 0.0538. The molecule has 0 spiro atoms. The van der Waals surface area contributed by atoms with E-state index in [1.54, 1.807) is 18.5 Å². The summed E-state index contributed by atoms with van der Waals surface area (Å²) in [7, 11) is 0. The monoisotopic (exact) mass is 321 g/mol. The van der Waals surface area contributed by atoms with E-state index >= 15 is 0 Å². The van der Waals surface area contributed by atoms with Crippen LogP contribution in [-0.4, -0.2) is 33.9 Å². The minimum Gasteiger partial charge on any atom is -0.361 e. The lowest BCUT2D eigenvalue weighted by atomic mass is 9.97. The van der Waals surface area contributed by atoms with Gasteiger partial charge in [-0.1, -0.05) is 6.07 Å². The van der Waals surface area contributed by atoms with Gasteiger partial charge in [-0.25, -0.2) is 9.97 Å². The van der Waals surface area contributed by atoms with Crippen molar-refractivity contribution in [1.82, 2.24) is 15.0 Å². The number of anilines is 2. The van der Waals surface area contributed by atoms with E-state index < -0.39 is 0 Å². The number of fused-ring (bicyclic) bond motifs is 1. The number of nitrogens with one attached hydrogen (secondary N) is 2. The van der Waals surface area contributed by atoms with Gasteiger partial charge in [0, 0.05) is 42.9 Å². The minimum atomic E-state index is -0.0538. The predicted octanol–water partition coefficient (Wildman–Crippen LogP) is 2.81. The topological polar surface area (TPSA) is 73.9 Å². The Morgan fingerprint density at radius 1 is 1.25 bits per heavy atom. The molecule has 0 unspecified atom stereocenters. The van der Waals surface area contributed by atoms with Crippen LogP contribution in [0.2, 0.25) is 0 Å². The molecule has 122 valence electrons. The van der Waals surface area contributed by atoms with Crippen LogP contribution in [-0.2, 0) is 4.79 Å². The van der Waals surface area contributed by atoms with Crippen LogP contribution >= 0.6 is 0 Å². The van der Waals surface area contributed by atoms with Crippen molar-refractivity contribution in [3.63, 3.8) is 0 Å². The molecular formula is C18H19N5O. The third-order valence-electron chi connectivity index (χ3n) is 4.45. The van der Waals surface area contributed by atoms with Crippen molar-refractivity contribution >= 4 is 28.4 Å². The summed E-state index contributed by atoms with van der Waals surface area (Å²) in [5.74, 6) is 0.700. The third kappa shape index (κ3) is 2.95. The van der Waals surface area contributed by atoms with E-state index in [0.717, 1.165) is 36.0 Å². The molecule has 1 saturated heterocycles. The Kier molecular flexibility index (Phi) is 3.86. The number of aromatic nitrogens is 3. The Labute approximate surface area is 139 Å². The van der Waals surface area contributed by atoms with Gasteiger partial charge in [-0.2, -0.15) is 0 Å². The van der Waals surface area contributed by atoms with Crippen molar-refractivity contribution in [2.24, 2.45) is 5.92 Å². The summed E-state index contributed by atoms with van der Waals surface area (Å²) in [5, 5.41) is 4.18. The van der Waals surface area contributed by atoms with Crippen LogP contribution < -0.4 is 10.2 Å².